The molecule has 2 aromatic heterocycles. The summed E-state index contributed by atoms with van der Waals surface area (Å²) in [6.45, 7) is 0.405. The molecule has 7 nitrogen and oxygen atoms in total. The Morgan fingerprint density at radius 3 is 3.09 bits per heavy atom. The summed E-state index contributed by atoms with van der Waals surface area (Å²) in [4.78, 5) is 20.6. The molecule has 0 radical (unpaired) electrons. The van der Waals surface area contributed by atoms with E-state index in [-0.39, 0.29) is 24.9 Å². The highest BCUT2D eigenvalue weighted by atomic mass is 19.1. The Balaban J connectivity index is 1.50. The van der Waals surface area contributed by atoms with Gasteiger partial charge in [-0.1, -0.05) is 5.16 Å². The lowest BCUT2D eigenvalue weighted by Crippen LogP contribution is -2.30. The third-order valence-corrected chi connectivity index (χ3v) is 3.27. The van der Waals surface area contributed by atoms with E-state index < -0.39 is 0 Å². The second-order valence-electron chi connectivity index (χ2n) is 5.08. The fraction of sp³-hybridized carbons (Fsp3) is 0.267. The van der Waals surface area contributed by atoms with Gasteiger partial charge in [0.15, 0.2) is 0 Å². The number of ether oxygens (including phenoxy) is 1. The van der Waals surface area contributed by atoms with Crippen molar-refractivity contribution in [2.75, 3.05) is 13.7 Å². The van der Waals surface area contributed by atoms with Crippen molar-refractivity contribution < 1.29 is 18.4 Å². The van der Waals surface area contributed by atoms with Gasteiger partial charge in [-0.3, -0.25) is 4.79 Å². The molecule has 23 heavy (non-hydrogen) atoms. The Hall–Kier alpha value is -2.74. The molecule has 1 aromatic carbocycles. The number of hydrogen-bond acceptors (Lipinski definition) is 5. The van der Waals surface area contributed by atoms with E-state index >= 15 is 0 Å². The van der Waals surface area contributed by atoms with Gasteiger partial charge in [0.25, 0.3) is 0 Å². The molecule has 1 amide bonds. The van der Waals surface area contributed by atoms with Gasteiger partial charge in [-0.2, -0.15) is 0 Å². The number of carbonyl (C=O) groups excluding carboxylic acids is 1. The van der Waals surface area contributed by atoms with Crippen LogP contribution in [0.4, 0.5) is 4.39 Å². The van der Waals surface area contributed by atoms with E-state index in [1.165, 1.54) is 23.3 Å². The molecule has 0 spiro atoms. The van der Waals surface area contributed by atoms with E-state index in [1.807, 2.05) is 0 Å². The number of aromatic amines is 1. The average Bonchev–Trinajstić information content (AvgIpc) is 3.15. The molecule has 3 rings (SSSR count). The Labute approximate surface area is 131 Å². The van der Waals surface area contributed by atoms with Crippen LogP contribution < -0.4 is 0 Å². The summed E-state index contributed by atoms with van der Waals surface area (Å²) in [6, 6.07) is 5.98. The summed E-state index contributed by atoms with van der Waals surface area (Å²) in [5.74, 6) is 0.0194. The van der Waals surface area contributed by atoms with Gasteiger partial charge in [0.2, 0.25) is 5.91 Å². The third kappa shape index (κ3) is 3.72. The van der Waals surface area contributed by atoms with Crippen molar-refractivity contribution in [3.8, 4) is 0 Å². The van der Waals surface area contributed by atoms with Crippen molar-refractivity contribution in [1.29, 1.82) is 0 Å². The fourth-order valence-electron chi connectivity index (χ4n) is 2.10. The molecule has 0 aliphatic rings. The number of nitrogens with zero attached hydrogens (tertiary/aromatic N) is 3. The molecule has 0 aliphatic heterocycles. The largest absolute Gasteiger partial charge is 0.364 e. The lowest BCUT2D eigenvalue weighted by atomic mass is 10.3. The predicted octanol–water partition coefficient (Wildman–Crippen LogP) is 1.87. The lowest BCUT2D eigenvalue weighted by molar-refractivity contribution is -0.135. The van der Waals surface area contributed by atoms with E-state index in [0.29, 0.717) is 29.1 Å². The van der Waals surface area contributed by atoms with E-state index in [0.717, 1.165) is 0 Å². The Bertz CT molecular complexity index is 800. The van der Waals surface area contributed by atoms with Crippen molar-refractivity contribution in [2.24, 2.45) is 0 Å². The predicted molar refractivity (Wildman–Crippen MR) is 78.7 cm³/mol. The van der Waals surface area contributed by atoms with Crippen LogP contribution >= 0.6 is 0 Å². The number of aromatic nitrogens is 3. The maximum Gasteiger partial charge on any atom is 0.248 e. The third-order valence-electron chi connectivity index (χ3n) is 3.27. The number of amides is 1. The van der Waals surface area contributed by atoms with Crippen LogP contribution in [0.25, 0.3) is 11.0 Å². The normalized spacial score (nSPS) is 11.0. The molecule has 2 heterocycles. The molecular weight excluding hydrogens is 303 g/mol. The van der Waals surface area contributed by atoms with Crippen molar-refractivity contribution >= 4 is 16.9 Å². The number of imidazole rings is 1. The van der Waals surface area contributed by atoms with Crippen molar-refractivity contribution in [3.05, 3.63) is 47.9 Å². The molecule has 8 heteroatoms. The van der Waals surface area contributed by atoms with E-state index in [9.17, 15) is 9.18 Å². The SMILES string of the molecule is CN(Cc1ccon1)C(=O)COCc1nc2ccc(F)cc2[nH]1. The molecule has 0 saturated carbocycles. The Morgan fingerprint density at radius 2 is 2.30 bits per heavy atom. The van der Waals surface area contributed by atoms with E-state index in [1.54, 1.807) is 19.2 Å². The molecule has 1 N–H and O–H groups in total. The number of halogens is 1. The molecule has 120 valence electrons. The minimum atomic E-state index is -0.335. The number of H-pyrrole nitrogens is 1. The first-order valence-corrected chi connectivity index (χ1v) is 6.97. The Kier molecular flexibility index (Phi) is 4.33. The quantitative estimate of drug-likeness (QED) is 0.750. The molecule has 0 aliphatic carbocycles. The molecule has 0 saturated heterocycles. The summed E-state index contributed by atoms with van der Waals surface area (Å²) < 4.78 is 23.2. The zero-order valence-electron chi connectivity index (χ0n) is 12.5. The number of nitrogens with one attached hydrogen (secondary N) is 1. The smallest absolute Gasteiger partial charge is 0.248 e. The maximum absolute atomic E-state index is 13.1. The van der Waals surface area contributed by atoms with Gasteiger partial charge in [-0.05, 0) is 18.2 Å². The van der Waals surface area contributed by atoms with Crippen molar-refractivity contribution in [3.63, 3.8) is 0 Å². The summed E-state index contributed by atoms with van der Waals surface area (Å²) in [6.07, 6.45) is 1.45. The molecular formula is C15H15FN4O3. The molecule has 0 bridgehead atoms. The highest BCUT2D eigenvalue weighted by Gasteiger charge is 2.12. The lowest BCUT2D eigenvalue weighted by Gasteiger charge is -2.15. The number of carbonyl (C=O) groups is 1. The van der Waals surface area contributed by atoms with Crippen LogP contribution in [-0.2, 0) is 22.7 Å². The summed E-state index contributed by atoms with van der Waals surface area (Å²) in [7, 11) is 1.66. The minimum absolute atomic E-state index is 0.0836. The first kappa shape index (κ1) is 15.2. The van der Waals surface area contributed by atoms with Crippen molar-refractivity contribution in [1.82, 2.24) is 20.0 Å². The van der Waals surface area contributed by atoms with Gasteiger partial charge in [-0.25, -0.2) is 9.37 Å². The number of benzene rings is 1. The van der Waals surface area contributed by atoms with Crippen molar-refractivity contribution in [2.45, 2.75) is 13.2 Å². The van der Waals surface area contributed by atoms with Gasteiger partial charge >= 0.3 is 0 Å². The fourth-order valence-corrected chi connectivity index (χ4v) is 2.10. The highest BCUT2D eigenvalue weighted by Crippen LogP contribution is 2.13. The number of likely N-dealkylation sites (N-methyl/N-ethyl adjacent to an activating group) is 1. The number of fused-ring (bicyclic) bond motifs is 1. The topological polar surface area (TPSA) is 84.2 Å². The monoisotopic (exact) mass is 318 g/mol. The molecule has 0 unspecified atom stereocenters. The van der Waals surface area contributed by atoms with E-state index in [4.69, 9.17) is 9.26 Å². The van der Waals surface area contributed by atoms with Gasteiger partial charge in [0.1, 0.15) is 36.8 Å². The first-order valence-electron chi connectivity index (χ1n) is 6.97. The second-order valence-corrected chi connectivity index (χ2v) is 5.08. The van der Waals surface area contributed by atoms with E-state index in [2.05, 4.69) is 15.1 Å². The maximum atomic E-state index is 13.1. The average molecular weight is 318 g/mol. The molecule has 0 atom stereocenters. The van der Waals surface area contributed by atoms with Gasteiger partial charge in [0.05, 0.1) is 17.6 Å². The van der Waals surface area contributed by atoms with Gasteiger partial charge in [0, 0.05) is 13.1 Å². The molecule has 3 aromatic rings. The summed E-state index contributed by atoms with van der Waals surface area (Å²) >= 11 is 0. The highest BCUT2D eigenvalue weighted by molar-refractivity contribution is 5.77. The number of rotatable bonds is 6. The minimum Gasteiger partial charge on any atom is -0.364 e. The number of hydrogen-bond donors (Lipinski definition) is 1. The van der Waals surface area contributed by atoms with Crippen LogP contribution in [0.15, 0.2) is 35.1 Å². The van der Waals surface area contributed by atoms with Crippen LogP contribution in [-0.4, -0.2) is 39.6 Å². The second kappa shape index (κ2) is 6.57. The van der Waals surface area contributed by atoms with Crippen LogP contribution in [0.5, 0.6) is 0 Å². The summed E-state index contributed by atoms with van der Waals surface area (Å²) in [5, 5.41) is 3.74. The molecule has 0 fully saturated rings. The van der Waals surface area contributed by atoms with Crippen LogP contribution in [0, 0.1) is 5.82 Å². The standard InChI is InChI=1S/C15H15FN4O3/c1-20(7-11-4-5-23-19-11)15(21)9-22-8-14-17-12-3-2-10(16)6-13(12)18-14/h2-6H,7-9H2,1H3,(H,17,18). The summed E-state index contributed by atoms with van der Waals surface area (Å²) in [5.41, 5.74) is 1.91. The zero-order chi connectivity index (χ0) is 16.2. The first-order chi connectivity index (χ1) is 11.1. The van der Waals surface area contributed by atoms with Crippen LogP contribution in [0.3, 0.4) is 0 Å². The Morgan fingerprint density at radius 1 is 1.43 bits per heavy atom. The zero-order valence-corrected chi connectivity index (χ0v) is 12.5. The van der Waals surface area contributed by atoms with Gasteiger partial charge in [-0.15, -0.1) is 0 Å². The van der Waals surface area contributed by atoms with Gasteiger partial charge < -0.3 is 19.1 Å². The van der Waals surface area contributed by atoms with Crippen LogP contribution in [0.2, 0.25) is 0 Å². The van der Waals surface area contributed by atoms with Crippen LogP contribution in [0.1, 0.15) is 11.5 Å².